The Bertz CT molecular complexity index is 713. The molecule has 2 aromatic carbocycles. The molecule has 0 fully saturated rings. The minimum atomic E-state index is 0.0646. The summed E-state index contributed by atoms with van der Waals surface area (Å²) in [5.41, 5.74) is 3.16. The van der Waals surface area contributed by atoms with Crippen LogP contribution in [0.5, 0.6) is 5.75 Å². The molecule has 0 spiro atoms. The van der Waals surface area contributed by atoms with Gasteiger partial charge in [0.25, 0.3) is 0 Å². The van der Waals surface area contributed by atoms with Crippen LogP contribution in [0.4, 0.5) is 5.69 Å². The number of aliphatic hydroxyl groups excluding tert-OH is 1. The zero-order valence-electron chi connectivity index (χ0n) is 20.5. The molecule has 2 aromatic rings. The Hall–Kier alpha value is -2.00. The maximum absolute atomic E-state index is 9.29. The Balaban J connectivity index is 1.52. The zero-order valence-corrected chi connectivity index (χ0v) is 20.5. The molecule has 2 N–H and O–H groups in total. The number of unbranched alkanes of at least 4 members (excludes halogenated alkanes) is 11. The van der Waals surface area contributed by atoms with Gasteiger partial charge in [-0.05, 0) is 48.7 Å². The van der Waals surface area contributed by atoms with Crippen molar-refractivity contribution in [2.24, 2.45) is 0 Å². The van der Waals surface area contributed by atoms with Crippen LogP contribution in [0.15, 0.2) is 48.5 Å². The van der Waals surface area contributed by atoms with Crippen molar-refractivity contribution in [2.75, 3.05) is 11.9 Å². The third-order valence-corrected chi connectivity index (χ3v) is 6.14. The van der Waals surface area contributed by atoms with E-state index >= 15 is 0 Å². The van der Waals surface area contributed by atoms with E-state index in [0.717, 1.165) is 30.0 Å². The number of anilines is 1. The number of ether oxygens (including phenoxy) is 1. The highest BCUT2D eigenvalue weighted by Gasteiger charge is 2.06. The lowest BCUT2D eigenvalue weighted by Crippen LogP contribution is -2.07. The summed E-state index contributed by atoms with van der Waals surface area (Å²) in [6.45, 7) is 5.30. The number of rotatable bonds is 18. The SMILES string of the molecule is CCCCCCCCCCCCCCOc1ccc(C(C)Nc2cccc(CO)c2)cc1. The minimum Gasteiger partial charge on any atom is -0.494 e. The van der Waals surface area contributed by atoms with Crippen molar-refractivity contribution in [1.82, 2.24) is 0 Å². The summed E-state index contributed by atoms with van der Waals surface area (Å²) in [5, 5.41) is 12.8. The fraction of sp³-hybridized carbons (Fsp3) is 0.586. The average Bonchev–Trinajstić information content (AvgIpc) is 2.82. The maximum Gasteiger partial charge on any atom is 0.119 e. The molecule has 3 nitrogen and oxygen atoms in total. The fourth-order valence-corrected chi connectivity index (χ4v) is 4.08. The number of nitrogens with one attached hydrogen (secondary N) is 1. The standard InChI is InChI=1S/C29H45NO2/c1-3-4-5-6-7-8-9-10-11-12-13-14-22-32-29-20-18-27(19-21-29)25(2)30-28-17-15-16-26(23-28)24-31/h15-21,23,25,30-31H,3-14,22,24H2,1-2H3. The van der Waals surface area contributed by atoms with E-state index in [1.54, 1.807) is 0 Å². The molecular weight excluding hydrogens is 394 g/mol. The van der Waals surface area contributed by atoms with Gasteiger partial charge in [0.2, 0.25) is 0 Å². The Morgan fingerprint density at radius 3 is 1.97 bits per heavy atom. The minimum absolute atomic E-state index is 0.0646. The first-order chi connectivity index (χ1) is 15.7. The summed E-state index contributed by atoms with van der Waals surface area (Å²) in [5.74, 6) is 0.950. The molecule has 0 radical (unpaired) electrons. The maximum atomic E-state index is 9.29. The summed E-state index contributed by atoms with van der Waals surface area (Å²) in [6.07, 6.45) is 16.4. The van der Waals surface area contributed by atoms with Crippen LogP contribution < -0.4 is 10.1 Å². The largest absolute Gasteiger partial charge is 0.494 e. The van der Waals surface area contributed by atoms with Gasteiger partial charge in [0, 0.05) is 11.7 Å². The van der Waals surface area contributed by atoms with Crippen molar-refractivity contribution >= 4 is 5.69 Å². The van der Waals surface area contributed by atoms with Gasteiger partial charge in [-0.2, -0.15) is 0 Å². The predicted molar refractivity (Wildman–Crippen MR) is 137 cm³/mol. The van der Waals surface area contributed by atoms with Crippen LogP contribution in [0, 0.1) is 0 Å². The van der Waals surface area contributed by atoms with Crippen molar-refractivity contribution in [3.05, 3.63) is 59.7 Å². The number of benzene rings is 2. The zero-order chi connectivity index (χ0) is 22.9. The van der Waals surface area contributed by atoms with Crippen molar-refractivity contribution in [1.29, 1.82) is 0 Å². The highest BCUT2D eigenvalue weighted by molar-refractivity contribution is 5.47. The second kappa shape index (κ2) is 16.6. The third kappa shape index (κ3) is 11.0. The van der Waals surface area contributed by atoms with E-state index in [0.29, 0.717) is 0 Å². The monoisotopic (exact) mass is 439 g/mol. The summed E-state index contributed by atoms with van der Waals surface area (Å²) in [7, 11) is 0. The molecule has 32 heavy (non-hydrogen) atoms. The third-order valence-electron chi connectivity index (χ3n) is 6.14. The lowest BCUT2D eigenvalue weighted by atomic mass is 10.1. The lowest BCUT2D eigenvalue weighted by Gasteiger charge is -2.17. The van der Waals surface area contributed by atoms with Gasteiger partial charge in [0.1, 0.15) is 5.75 Å². The van der Waals surface area contributed by atoms with E-state index in [2.05, 4.69) is 43.4 Å². The van der Waals surface area contributed by atoms with Crippen molar-refractivity contribution in [3.8, 4) is 5.75 Å². The van der Waals surface area contributed by atoms with Crippen LogP contribution in [0.2, 0.25) is 0 Å². The van der Waals surface area contributed by atoms with Crippen molar-refractivity contribution in [3.63, 3.8) is 0 Å². The van der Waals surface area contributed by atoms with Crippen LogP contribution >= 0.6 is 0 Å². The smallest absolute Gasteiger partial charge is 0.119 e. The second-order valence-electron chi connectivity index (χ2n) is 9.03. The molecule has 0 amide bonds. The number of hydrogen-bond donors (Lipinski definition) is 2. The molecule has 0 heterocycles. The highest BCUT2D eigenvalue weighted by Crippen LogP contribution is 2.22. The molecule has 0 aliphatic heterocycles. The topological polar surface area (TPSA) is 41.5 Å². The Labute approximate surface area is 196 Å². The van der Waals surface area contributed by atoms with Crippen molar-refractivity contribution < 1.29 is 9.84 Å². The van der Waals surface area contributed by atoms with Gasteiger partial charge in [-0.3, -0.25) is 0 Å². The summed E-state index contributed by atoms with van der Waals surface area (Å²) < 4.78 is 5.93. The van der Waals surface area contributed by atoms with Crippen molar-refractivity contribution in [2.45, 2.75) is 104 Å². The van der Waals surface area contributed by atoms with Gasteiger partial charge in [-0.25, -0.2) is 0 Å². The first-order valence-corrected chi connectivity index (χ1v) is 12.9. The highest BCUT2D eigenvalue weighted by atomic mass is 16.5. The normalized spacial score (nSPS) is 12.0. The van der Waals surface area contributed by atoms with Gasteiger partial charge >= 0.3 is 0 Å². The molecule has 2 rings (SSSR count). The van der Waals surface area contributed by atoms with Crippen LogP contribution in [-0.2, 0) is 6.61 Å². The predicted octanol–water partition coefficient (Wildman–Crippen LogP) is 8.43. The van der Waals surface area contributed by atoms with E-state index in [1.165, 1.54) is 76.2 Å². The van der Waals surface area contributed by atoms with Gasteiger partial charge in [0.05, 0.1) is 13.2 Å². The molecule has 3 heteroatoms. The van der Waals surface area contributed by atoms with E-state index < -0.39 is 0 Å². The Morgan fingerprint density at radius 2 is 1.38 bits per heavy atom. The summed E-state index contributed by atoms with van der Waals surface area (Å²) >= 11 is 0. The molecule has 0 aliphatic carbocycles. The van der Waals surface area contributed by atoms with Crippen LogP contribution in [-0.4, -0.2) is 11.7 Å². The molecule has 178 valence electrons. The number of hydrogen-bond acceptors (Lipinski definition) is 3. The Morgan fingerprint density at radius 1 is 0.781 bits per heavy atom. The first kappa shape index (κ1) is 26.3. The lowest BCUT2D eigenvalue weighted by molar-refractivity contribution is 0.282. The molecule has 0 aromatic heterocycles. The van der Waals surface area contributed by atoms with Crippen LogP contribution in [0.3, 0.4) is 0 Å². The average molecular weight is 440 g/mol. The van der Waals surface area contributed by atoms with Gasteiger partial charge in [0.15, 0.2) is 0 Å². The molecule has 0 saturated carbocycles. The van der Waals surface area contributed by atoms with Gasteiger partial charge < -0.3 is 15.2 Å². The molecule has 0 aliphatic rings. The molecule has 0 bridgehead atoms. The van der Waals surface area contributed by atoms with Crippen LogP contribution in [0.25, 0.3) is 0 Å². The van der Waals surface area contributed by atoms with Crippen LogP contribution in [0.1, 0.15) is 108 Å². The van der Waals surface area contributed by atoms with E-state index in [1.807, 2.05) is 24.3 Å². The molecule has 1 atom stereocenters. The molecule has 0 saturated heterocycles. The molecule has 1 unspecified atom stereocenters. The Kier molecular flexibility index (Phi) is 13.6. The van der Waals surface area contributed by atoms with Gasteiger partial charge in [-0.1, -0.05) is 102 Å². The van der Waals surface area contributed by atoms with E-state index in [9.17, 15) is 5.11 Å². The fourth-order valence-electron chi connectivity index (χ4n) is 4.08. The van der Waals surface area contributed by atoms with E-state index in [-0.39, 0.29) is 12.6 Å². The number of aliphatic hydroxyl groups is 1. The summed E-state index contributed by atoms with van der Waals surface area (Å²) in [4.78, 5) is 0. The first-order valence-electron chi connectivity index (χ1n) is 12.9. The second-order valence-corrected chi connectivity index (χ2v) is 9.03. The summed E-state index contributed by atoms with van der Waals surface area (Å²) in [6, 6.07) is 16.5. The quantitative estimate of drug-likeness (QED) is 0.229. The van der Waals surface area contributed by atoms with Gasteiger partial charge in [-0.15, -0.1) is 0 Å². The van der Waals surface area contributed by atoms with E-state index in [4.69, 9.17) is 4.74 Å². The molecular formula is C29H45NO2.